The van der Waals surface area contributed by atoms with E-state index >= 15 is 0 Å². The Morgan fingerprint density at radius 1 is 1.12 bits per heavy atom. The largest absolute Gasteiger partial charge is 0.466 e. The predicted octanol–water partition coefficient (Wildman–Crippen LogP) is 0.492. The van der Waals surface area contributed by atoms with Gasteiger partial charge in [-0.15, -0.1) is 0 Å². The summed E-state index contributed by atoms with van der Waals surface area (Å²) >= 11 is 0. The van der Waals surface area contributed by atoms with Gasteiger partial charge < -0.3 is 18.9 Å². The standard InChI is InChI=1S/C10H18O6/c1-8(11)15-6-5-10(14-4,7-13-3)16-9(2)12/h5-7H2,1-4H3. The zero-order chi connectivity index (χ0) is 12.6. The minimum atomic E-state index is -1.20. The zero-order valence-electron chi connectivity index (χ0n) is 10.1. The fraction of sp³-hybridized carbons (Fsp3) is 0.800. The fourth-order valence-electron chi connectivity index (χ4n) is 1.19. The summed E-state index contributed by atoms with van der Waals surface area (Å²) in [5.41, 5.74) is 0. The quantitative estimate of drug-likeness (QED) is 0.471. The van der Waals surface area contributed by atoms with Gasteiger partial charge in [-0.3, -0.25) is 9.59 Å². The van der Waals surface area contributed by atoms with Gasteiger partial charge in [0.25, 0.3) is 0 Å². The molecule has 0 aliphatic heterocycles. The molecule has 0 saturated heterocycles. The van der Waals surface area contributed by atoms with Gasteiger partial charge in [-0.2, -0.15) is 0 Å². The van der Waals surface area contributed by atoms with E-state index in [1.807, 2.05) is 0 Å². The van der Waals surface area contributed by atoms with E-state index < -0.39 is 17.7 Å². The number of methoxy groups -OCH3 is 2. The van der Waals surface area contributed by atoms with Crippen LogP contribution in [0, 0.1) is 0 Å². The molecular formula is C10H18O6. The number of rotatable bonds is 7. The molecule has 0 aromatic heterocycles. The van der Waals surface area contributed by atoms with Crippen LogP contribution < -0.4 is 0 Å². The number of carbonyl (C=O) groups excluding carboxylic acids is 2. The summed E-state index contributed by atoms with van der Waals surface area (Å²) in [6.45, 7) is 2.75. The summed E-state index contributed by atoms with van der Waals surface area (Å²) in [6.07, 6.45) is 0.219. The molecule has 0 saturated carbocycles. The van der Waals surface area contributed by atoms with Gasteiger partial charge in [0.15, 0.2) is 0 Å². The van der Waals surface area contributed by atoms with Crippen LogP contribution in [0.2, 0.25) is 0 Å². The highest BCUT2D eigenvalue weighted by Gasteiger charge is 2.33. The third-order valence-electron chi connectivity index (χ3n) is 1.85. The third kappa shape index (κ3) is 5.67. The maximum absolute atomic E-state index is 10.9. The summed E-state index contributed by atoms with van der Waals surface area (Å²) in [6, 6.07) is 0. The lowest BCUT2D eigenvalue weighted by molar-refractivity contribution is -0.243. The van der Waals surface area contributed by atoms with Crippen LogP contribution in [0.5, 0.6) is 0 Å². The Morgan fingerprint density at radius 3 is 2.12 bits per heavy atom. The lowest BCUT2D eigenvalue weighted by Crippen LogP contribution is -2.42. The van der Waals surface area contributed by atoms with E-state index in [-0.39, 0.29) is 19.6 Å². The van der Waals surface area contributed by atoms with Gasteiger partial charge in [0, 0.05) is 34.5 Å². The Kier molecular flexibility index (Phi) is 6.67. The summed E-state index contributed by atoms with van der Waals surface area (Å²) < 4.78 is 19.8. The summed E-state index contributed by atoms with van der Waals surface area (Å²) in [5.74, 6) is -2.08. The second kappa shape index (κ2) is 7.19. The van der Waals surface area contributed by atoms with Crippen LogP contribution in [-0.4, -0.2) is 45.2 Å². The van der Waals surface area contributed by atoms with Crippen molar-refractivity contribution in [2.24, 2.45) is 0 Å². The molecule has 6 nitrogen and oxygen atoms in total. The molecule has 0 radical (unpaired) electrons. The SMILES string of the molecule is COCC(CCOC(C)=O)(OC)OC(C)=O. The van der Waals surface area contributed by atoms with Gasteiger partial charge in [-0.25, -0.2) is 0 Å². The molecule has 94 valence electrons. The molecule has 0 aliphatic rings. The van der Waals surface area contributed by atoms with Crippen molar-refractivity contribution >= 4 is 11.9 Å². The van der Waals surface area contributed by atoms with Gasteiger partial charge in [0.05, 0.1) is 6.61 Å². The number of ether oxygens (including phenoxy) is 4. The first-order valence-electron chi connectivity index (χ1n) is 4.83. The molecule has 0 aromatic carbocycles. The normalized spacial score (nSPS) is 14.0. The van der Waals surface area contributed by atoms with Crippen LogP contribution >= 0.6 is 0 Å². The first-order chi connectivity index (χ1) is 7.45. The van der Waals surface area contributed by atoms with Crippen LogP contribution in [0.1, 0.15) is 20.3 Å². The van der Waals surface area contributed by atoms with Crippen molar-refractivity contribution in [2.75, 3.05) is 27.4 Å². The second-order valence-electron chi connectivity index (χ2n) is 3.23. The van der Waals surface area contributed by atoms with Crippen LogP contribution in [0.4, 0.5) is 0 Å². The van der Waals surface area contributed by atoms with Crippen LogP contribution in [-0.2, 0) is 28.5 Å². The first kappa shape index (κ1) is 14.9. The van der Waals surface area contributed by atoms with Crippen molar-refractivity contribution in [2.45, 2.75) is 26.1 Å². The Bertz CT molecular complexity index is 239. The average Bonchev–Trinajstić information content (AvgIpc) is 2.16. The summed E-state index contributed by atoms with van der Waals surface area (Å²) in [7, 11) is 2.86. The lowest BCUT2D eigenvalue weighted by Gasteiger charge is -2.30. The van der Waals surface area contributed by atoms with Crippen molar-refractivity contribution in [1.82, 2.24) is 0 Å². The predicted molar refractivity (Wildman–Crippen MR) is 54.6 cm³/mol. The molecule has 0 aliphatic carbocycles. The molecule has 0 fully saturated rings. The van der Waals surface area contributed by atoms with Gasteiger partial charge >= 0.3 is 11.9 Å². The molecule has 1 unspecified atom stereocenters. The number of hydrogen-bond acceptors (Lipinski definition) is 6. The third-order valence-corrected chi connectivity index (χ3v) is 1.85. The molecule has 0 spiro atoms. The minimum Gasteiger partial charge on any atom is -0.466 e. The van der Waals surface area contributed by atoms with Crippen LogP contribution in [0.25, 0.3) is 0 Å². The van der Waals surface area contributed by atoms with E-state index in [1.165, 1.54) is 28.1 Å². The van der Waals surface area contributed by atoms with E-state index in [0.717, 1.165) is 0 Å². The monoisotopic (exact) mass is 234 g/mol. The highest BCUT2D eigenvalue weighted by Crippen LogP contribution is 2.18. The highest BCUT2D eigenvalue weighted by atomic mass is 16.7. The van der Waals surface area contributed by atoms with Crippen LogP contribution in [0.3, 0.4) is 0 Å². The van der Waals surface area contributed by atoms with E-state index in [0.29, 0.717) is 0 Å². The highest BCUT2D eigenvalue weighted by molar-refractivity contribution is 5.66. The van der Waals surface area contributed by atoms with E-state index in [9.17, 15) is 9.59 Å². The van der Waals surface area contributed by atoms with Gasteiger partial charge in [0.1, 0.15) is 6.61 Å². The zero-order valence-corrected chi connectivity index (χ0v) is 10.1. The molecule has 0 heterocycles. The summed E-state index contributed by atoms with van der Waals surface area (Å²) in [5, 5.41) is 0. The number of hydrogen-bond donors (Lipinski definition) is 0. The molecule has 0 bridgehead atoms. The van der Waals surface area contributed by atoms with Crippen LogP contribution in [0.15, 0.2) is 0 Å². The molecule has 0 rings (SSSR count). The smallest absolute Gasteiger partial charge is 0.305 e. The van der Waals surface area contributed by atoms with Gasteiger partial charge in [-0.1, -0.05) is 0 Å². The molecule has 0 N–H and O–H groups in total. The van der Waals surface area contributed by atoms with Crippen molar-refractivity contribution < 1.29 is 28.5 Å². The Hall–Kier alpha value is -1.14. The van der Waals surface area contributed by atoms with E-state index in [1.54, 1.807) is 0 Å². The summed E-state index contributed by atoms with van der Waals surface area (Å²) in [4.78, 5) is 21.5. The molecule has 16 heavy (non-hydrogen) atoms. The fourth-order valence-corrected chi connectivity index (χ4v) is 1.19. The molecule has 0 amide bonds. The van der Waals surface area contributed by atoms with E-state index in [2.05, 4.69) is 0 Å². The molecule has 1 atom stereocenters. The van der Waals surface area contributed by atoms with Crippen molar-refractivity contribution in [3.8, 4) is 0 Å². The Balaban J connectivity index is 4.37. The lowest BCUT2D eigenvalue weighted by atomic mass is 10.2. The van der Waals surface area contributed by atoms with Crippen molar-refractivity contribution in [1.29, 1.82) is 0 Å². The van der Waals surface area contributed by atoms with E-state index in [4.69, 9.17) is 18.9 Å². The van der Waals surface area contributed by atoms with Crippen molar-refractivity contribution in [3.63, 3.8) is 0 Å². The average molecular weight is 234 g/mol. The molecular weight excluding hydrogens is 216 g/mol. The Labute approximate surface area is 94.8 Å². The number of esters is 2. The maximum atomic E-state index is 10.9. The first-order valence-corrected chi connectivity index (χ1v) is 4.83. The van der Waals surface area contributed by atoms with Crippen molar-refractivity contribution in [3.05, 3.63) is 0 Å². The van der Waals surface area contributed by atoms with Gasteiger partial charge in [-0.05, 0) is 0 Å². The molecule has 0 aromatic rings. The minimum absolute atomic E-state index is 0.0738. The maximum Gasteiger partial charge on any atom is 0.305 e. The number of carbonyl (C=O) groups is 2. The molecule has 6 heteroatoms. The topological polar surface area (TPSA) is 71.1 Å². The Morgan fingerprint density at radius 2 is 1.75 bits per heavy atom. The van der Waals surface area contributed by atoms with Gasteiger partial charge in [0.2, 0.25) is 5.79 Å². The second-order valence-corrected chi connectivity index (χ2v) is 3.23.